The summed E-state index contributed by atoms with van der Waals surface area (Å²) >= 11 is 0. The van der Waals surface area contributed by atoms with Crippen LogP contribution in [0.2, 0.25) is 0 Å². The average molecular weight is 291 g/mol. The van der Waals surface area contributed by atoms with Gasteiger partial charge < -0.3 is 20.5 Å². The second-order valence-electron chi connectivity index (χ2n) is 4.44. The number of hydrogen-bond acceptors (Lipinski definition) is 5. The first-order valence-electron chi connectivity index (χ1n) is 6.70. The molecule has 0 saturated heterocycles. The van der Waals surface area contributed by atoms with Gasteiger partial charge in [-0.1, -0.05) is 12.1 Å². The minimum absolute atomic E-state index is 0.238. The van der Waals surface area contributed by atoms with Gasteiger partial charge in [0, 0.05) is 25.7 Å². The molecule has 1 aromatic carbocycles. The van der Waals surface area contributed by atoms with Gasteiger partial charge in [-0.05, 0) is 24.3 Å². The number of hydrogen-bond donors (Lipinski definition) is 2. The van der Waals surface area contributed by atoms with Crippen molar-refractivity contribution in [2.24, 2.45) is 0 Å². The van der Waals surface area contributed by atoms with E-state index in [1.54, 1.807) is 31.2 Å². The zero-order chi connectivity index (χ0) is 15.2. The highest BCUT2D eigenvalue weighted by atomic mass is 16.5. The summed E-state index contributed by atoms with van der Waals surface area (Å²) in [5, 5.41) is 27.3. The van der Waals surface area contributed by atoms with E-state index in [0.29, 0.717) is 41.9 Å². The van der Waals surface area contributed by atoms with Crippen LogP contribution >= 0.6 is 0 Å². The molecule has 0 saturated carbocycles. The number of anilines is 1. The Labute approximate surface area is 121 Å². The maximum Gasteiger partial charge on any atom is 0.407 e. The molecule has 2 aromatic rings. The van der Waals surface area contributed by atoms with E-state index in [1.807, 2.05) is 0 Å². The van der Waals surface area contributed by atoms with Gasteiger partial charge in [-0.2, -0.15) is 0 Å². The molecule has 21 heavy (non-hydrogen) atoms. The molecule has 8 heteroatoms. The Kier molecular flexibility index (Phi) is 4.70. The highest BCUT2D eigenvalue weighted by Gasteiger charge is 2.10. The van der Waals surface area contributed by atoms with Crippen LogP contribution in [0.25, 0.3) is 11.0 Å². The zero-order valence-electron chi connectivity index (χ0n) is 11.7. The minimum atomic E-state index is -0.933. The second-order valence-corrected chi connectivity index (χ2v) is 4.44. The smallest absolute Gasteiger partial charge is 0.407 e. The summed E-state index contributed by atoms with van der Waals surface area (Å²) in [6.07, 6.45) is -0.327. The third kappa shape index (κ3) is 3.68. The van der Waals surface area contributed by atoms with Gasteiger partial charge in [0.1, 0.15) is 5.52 Å². The van der Waals surface area contributed by atoms with Crippen LogP contribution in [-0.2, 0) is 0 Å². The molecule has 1 heterocycles. The molecule has 0 radical (unpaired) electrons. The van der Waals surface area contributed by atoms with Gasteiger partial charge in [-0.25, -0.2) is 9.78 Å². The van der Waals surface area contributed by atoms with E-state index in [4.69, 9.17) is 5.11 Å². The minimum Gasteiger partial charge on any atom is -0.594 e. The number of benzene rings is 1. The van der Waals surface area contributed by atoms with E-state index >= 15 is 0 Å². The molecule has 0 spiro atoms. The summed E-state index contributed by atoms with van der Waals surface area (Å²) < 4.78 is 0. The van der Waals surface area contributed by atoms with Gasteiger partial charge >= 0.3 is 6.09 Å². The zero-order valence-corrected chi connectivity index (χ0v) is 11.7. The lowest BCUT2D eigenvalue weighted by Gasteiger charge is -2.16. The fourth-order valence-corrected chi connectivity index (χ4v) is 1.93. The number of nitrogens with one attached hydrogen (secondary N) is 1. The monoisotopic (exact) mass is 291 g/mol. The first-order valence-corrected chi connectivity index (χ1v) is 6.70. The highest BCUT2D eigenvalue weighted by molar-refractivity contribution is 5.71. The number of carboxylic acid groups (broad SMARTS) is 1. The Morgan fingerprint density at radius 1 is 1.48 bits per heavy atom. The number of carbonyl (C=O) groups is 1. The van der Waals surface area contributed by atoms with Gasteiger partial charge in [0.2, 0.25) is 0 Å². The molecule has 2 rings (SSSR count). The Morgan fingerprint density at radius 3 is 2.95 bits per heavy atom. The lowest BCUT2D eigenvalue weighted by molar-refractivity contribution is -0.641. The van der Waals surface area contributed by atoms with Gasteiger partial charge in [-0.3, -0.25) is 0 Å². The van der Waals surface area contributed by atoms with Crippen LogP contribution < -0.4 is 10.2 Å². The van der Waals surface area contributed by atoms with Crippen molar-refractivity contribution in [3.63, 3.8) is 0 Å². The maximum absolute atomic E-state index is 11.7. The third-order valence-electron chi connectivity index (χ3n) is 3.04. The van der Waals surface area contributed by atoms with Gasteiger partial charge in [0.25, 0.3) is 11.5 Å². The fraction of sp³-hybridized carbons (Fsp3) is 0.385. The number of fused-ring (bicyclic) bond motifs is 1. The molecule has 1 aromatic heterocycles. The van der Waals surface area contributed by atoms with E-state index < -0.39 is 6.09 Å². The SMILES string of the molecule is CCN(CCCNc1nc2ccccc2[n+]([O-])n1)C(=O)O. The van der Waals surface area contributed by atoms with Crippen LogP contribution in [0.5, 0.6) is 0 Å². The van der Waals surface area contributed by atoms with Crippen molar-refractivity contribution in [3.8, 4) is 0 Å². The van der Waals surface area contributed by atoms with Crippen LogP contribution in [0.4, 0.5) is 10.7 Å². The predicted molar refractivity (Wildman–Crippen MR) is 76.9 cm³/mol. The molecular weight excluding hydrogens is 274 g/mol. The van der Waals surface area contributed by atoms with Gasteiger partial charge in [0.05, 0.1) is 5.10 Å². The molecule has 0 aliphatic carbocycles. The van der Waals surface area contributed by atoms with Crippen molar-refractivity contribution < 1.29 is 14.7 Å². The molecule has 0 fully saturated rings. The Balaban J connectivity index is 1.93. The summed E-state index contributed by atoms with van der Waals surface area (Å²) in [5.41, 5.74) is 0.969. The van der Waals surface area contributed by atoms with E-state index in [-0.39, 0.29) is 5.95 Å². The number of amides is 1. The van der Waals surface area contributed by atoms with Crippen LogP contribution in [0.1, 0.15) is 13.3 Å². The van der Waals surface area contributed by atoms with Crippen LogP contribution in [-0.4, -0.2) is 45.8 Å². The van der Waals surface area contributed by atoms with Crippen LogP contribution in [0.15, 0.2) is 24.3 Å². The van der Waals surface area contributed by atoms with Crippen molar-refractivity contribution in [3.05, 3.63) is 29.5 Å². The van der Waals surface area contributed by atoms with Crippen molar-refractivity contribution in [2.75, 3.05) is 25.0 Å². The molecule has 0 unspecified atom stereocenters. The van der Waals surface area contributed by atoms with E-state index in [2.05, 4.69) is 15.4 Å². The molecule has 0 aliphatic heterocycles. The average Bonchev–Trinajstić information content (AvgIpc) is 2.47. The van der Waals surface area contributed by atoms with Crippen molar-refractivity contribution in [1.82, 2.24) is 15.0 Å². The summed E-state index contributed by atoms with van der Waals surface area (Å²) in [6.45, 7) is 3.14. The topological polar surface area (TPSA) is 105 Å². The molecule has 0 atom stereocenters. The second kappa shape index (κ2) is 6.69. The summed E-state index contributed by atoms with van der Waals surface area (Å²) in [4.78, 5) is 16.9. The predicted octanol–water partition coefficient (Wildman–Crippen LogP) is 1.07. The Morgan fingerprint density at radius 2 is 2.24 bits per heavy atom. The largest absolute Gasteiger partial charge is 0.594 e. The van der Waals surface area contributed by atoms with Crippen molar-refractivity contribution in [2.45, 2.75) is 13.3 Å². The van der Waals surface area contributed by atoms with Crippen LogP contribution in [0, 0.1) is 5.21 Å². The summed E-state index contributed by atoms with van der Waals surface area (Å²) in [5.74, 6) is 0.238. The summed E-state index contributed by atoms with van der Waals surface area (Å²) in [7, 11) is 0. The summed E-state index contributed by atoms with van der Waals surface area (Å²) in [6, 6.07) is 6.93. The van der Waals surface area contributed by atoms with E-state index in [0.717, 1.165) is 0 Å². The van der Waals surface area contributed by atoms with Gasteiger partial charge in [0.15, 0.2) is 0 Å². The lowest BCUT2D eigenvalue weighted by atomic mass is 10.3. The first kappa shape index (κ1) is 14.8. The number of para-hydroxylation sites is 2. The first-order chi connectivity index (χ1) is 10.1. The van der Waals surface area contributed by atoms with Crippen molar-refractivity contribution in [1.29, 1.82) is 0 Å². The molecule has 1 amide bonds. The third-order valence-corrected chi connectivity index (χ3v) is 3.04. The Hall–Kier alpha value is -2.64. The molecular formula is C13H17N5O3. The normalized spacial score (nSPS) is 10.5. The molecule has 0 aliphatic rings. The van der Waals surface area contributed by atoms with Crippen molar-refractivity contribution >= 4 is 23.1 Å². The molecule has 2 N–H and O–H groups in total. The standard InChI is InChI=1S/C13H17N5O3/c1-2-17(13(19)20)9-5-8-14-12-15-10-6-3-4-7-11(10)18(21)16-12/h3-4,6-7H,2,5,8-9H2,1H3,(H,19,20)(H,14,15,16). The lowest BCUT2D eigenvalue weighted by Crippen LogP contribution is -2.34. The van der Waals surface area contributed by atoms with Crippen LogP contribution in [0.3, 0.4) is 0 Å². The molecule has 112 valence electrons. The number of nitrogens with zero attached hydrogens (tertiary/aromatic N) is 4. The van der Waals surface area contributed by atoms with Gasteiger partial charge in [-0.15, -0.1) is 0 Å². The quantitative estimate of drug-likeness (QED) is 0.468. The highest BCUT2D eigenvalue weighted by Crippen LogP contribution is 2.07. The molecule has 0 bridgehead atoms. The van der Waals surface area contributed by atoms with E-state index in [9.17, 15) is 10.0 Å². The fourth-order valence-electron chi connectivity index (χ4n) is 1.93. The van der Waals surface area contributed by atoms with E-state index in [1.165, 1.54) is 4.90 Å². The molecule has 8 nitrogen and oxygen atoms in total. The number of rotatable bonds is 6. The maximum atomic E-state index is 11.7. The number of aromatic nitrogens is 3. The Bertz CT molecular complexity index is 634.